The van der Waals surface area contributed by atoms with E-state index in [0.717, 1.165) is 17.8 Å². The molecular weight excluding hydrogens is 445 g/mol. The second-order valence-corrected chi connectivity index (χ2v) is 8.53. The quantitative estimate of drug-likeness (QED) is 0.506. The van der Waals surface area contributed by atoms with Crippen LogP contribution in [0.15, 0.2) is 47.7 Å². The highest BCUT2D eigenvalue weighted by molar-refractivity contribution is 5.94. The van der Waals surface area contributed by atoms with Crippen LogP contribution >= 0.6 is 0 Å². The maximum absolute atomic E-state index is 13.4. The maximum atomic E-state index is 13.4. The topological polar surface area (TPSA) is 60.1 Å². The number of hydrogen-bond acceptors (Lipinski definition) is 3. The van der Waals surface area contributed by atoms with Gasteiger partial charge in [0.05, 0.1) is 29.7 Å². The standard InChI is InChI=1S/C23H21F3N4O2.2CH4/c1-13-7-15(9-16(8-13)23(24,25)26)18-4-3-17-11-29-20(22(32)30(17)18)6-5-19(21(29)31)28-10-14(2)27-12-28;;/h5-10,12,17-18H,3-4,11H2,1-2H3;2*1H4. The summed E-state index contributed by atoms with van der Waals surface area (Å²) in [6.45, 7) is 3.76. The number of amides is 1. The molecule has 2 aliphatic heterocycles. The summed E-state index contributed by atoms with van der Waals surface area (Å²) in [5.74, 6) is -0.329. The zero-order valence-corrected chi connectivity index (χ0v) is 17.6. The highest BCUT2D eigenvalue weighted by Gasteiger charge is 2.43. The number of carbonyl (C=O) groups excluding carboxylic acids is 1. The third kappa shape index (κ3) is 4.03. The fourth-order valence-electron chi connectivity index (χ4n) is 4.89. The monoisotopic (exact) mass is 474 g/mol. The Bertz CT molecular complexity index is 1290. The second-order valence-electron chi connectivity index (χ2n) is 8.53. The number of nitrogens with zero attached hydrogens (tertiary/aromatic N) is 4. The van der Waals surface area contributed by atoms with Crippen LogP contribution in [0, 0.1) is 13.8 Å². The molecule has 1 saturated heterocycles. The van der Waals surface area contributed by atoms with Gasteiger partial charge in [0, 0.05) is 12.7 Å². The van der Waals surface area contributed by atoms with Crippen LogP contribution in [-0.2, 0) is 12.7 Å². The van der Waals surface area contributed by atoms with Crippen LogP contribution in [0.3, 0.4) is 0 Å². The first-order chi connectivity index (χ1) is 15.1. The van der Waals surface area contributed by atoms with Gasteiger partial charge in [-0.2, -0.15) is 13.2 Å². The summed E-state index contributed by atoms with van der Waals surface area (Å²) in [6.07, 6.45) is 0.00584. The number of benzene rings is 1. The number of hydrogen-bond donors (Lipinski definition) is 0. The summed E-state index contributed by atoms with van der Waals surface area (Å²) >= 11 is 0. The Morgan fingerprint density at radius 1 is 1.03 bits per heavy atom. The van der Waals surface area contributed by atoms with E-state index in [1.165, 1.54) is 4.57 Å². The van der Waals surface area contributed by atoms with Crippen molar-refractivity contribution >= 4 is 5.91 Å². The van der Waals surface area contributed by atoms with Crippen molar-refractivity contribution in [1.82, 2.24) is 19.0 Å². The number of aryl methyl sites for hydroxylation is 2. The molecule has 0 bridgehead atoms. The molecule has 0 spiro atoms. The van der Waals surface area contributed by atoms with Crippen LogP contribution in [0.1, 0.15) is 66.6 Å². The number of halogens is 3. The van der Waals surface area contributed by atoms with Crippen LogP contribution in [0.5, 0.6) is 0 Å². The Kier molecular flexibility index (Phi) is 6.52. The lowest BCUT2D eigenvalue weighted by Crippen LogP contribution is -2.49. The van der Waals surface area contributed by atoms with Gasteiger partial charge in [0.25, 0.3) is 11.5 Å². The van der Waals surface area contributed by atoms with Gasteiger partial charge in [0.1, 0.15) is 11.4 Å². The van der Waals surface area contributed by atoms with E-state index < -0.39 is 17.8 Å². The maximum Gasteiger partial charge on any atom is 0.416 e. The summed E-state index contributed by atoms with van der Waals surface area (Å²) in [5, 5.41) is 0. The molecular formula is C25H29F3N4O2. The molecule has 4 heterocycles. The zero-order chi connectivity index (χ0) is 22.8. The van der Waals surface area contributed by atoms with Crippen LogP contribution in [0.2, 0.25) is 0 Å². The Morgan fingerprint density at radius 3 is 2.41 bits per heavy atom. The normalized spacial score (nSPS) is 19.2. The number of alkyl halides is 3. The number of fused-ring (bicyclic) bond motifs is 2. The highest BCUT2D eigenvalue weighted by Crippen LogP contribution is 2.41. The lowest BCUT2D eigenvalue weighted by Gasteiger charge is -2.36. The third-order valence-corrected chi connectivity index (χ3v) is 6.31. The number of rotatable bonds is 2. The SMILES string of the molecule is C.C.Cc1cc(C2CCC3Cn4c(ccc(-n5cnc(C)c5)c4=O)C(=O)N32)cc(C(F)(F)F)c1. The molecule has 2 unspecified atom stereocenters. The fraction of sp³-hybridized carbons (Fsp3) is 0.400. The van der Waals surface area contributed by atoms with E-state index in [1.807, 2.05) is 6.92 Å². The Balaban J connectivity index is 0.00000162. The molecule has 9 heteroatoms. The smallest absolute Gasteiger partial charge is 0.326 e. The molecule has 2 atom stereocenters. The average Bonchev–Trinajstić information content (AvgIpc) is 3.34. The molecule has 2 aliphatic rings. The minimum atomic E-state index is -4.45. The Morgan fingerprint density at radius 2 is 1.76 bits per heavy atom. The predicted octanol–water partition coefficient (Wildman–Crippen LogP) is 5.30. The minimum absolute atomic E-state index is 0. The molecule has 0 saturated carbocycles. The molecule has 6 nitrogen and oxygen atoms in total. The molecule has 1 fully saturated rings. The van der Waals surface area contributed by atoms with E-state index in [9.17, 15) is 22.8 Å². The molecule has 34 heavy (non-hydrogen) atoms. The van der Waals surface area contributed by atoms with Crippen molar-refractivity contribution in [2.24, 2.45) is 0 Å². The molecule has 182 valence electrons. The second kappa shape index (κ2) is 8.77. The van der Waals surface area contributed by atoms with E-state index in [-0.39, 0.29) is 38.1 Å². The van der Waals surface area contributed by atoms with Crippen LogP contribution in [-0.4, -0.2) is 31.0 Å². The molecule has 1 aromatic carbocycles. The van der Waals surface area contributed by atoms with E-state index in [4.69, 9.17) is 0 Å². The van der Waals surface area contributed by atoms with Crippen molar-refractivity contribution in [2.45, 2.75) is 66.3 Å². The van der Waals surface area contributed by atoms with E-state index >= 15 is 0 Å². The van der Waals surface area contributed by atoms with Crippen molar-refractivity contribution in [1.29, 1.82) is 0 Å². The van der Waals surface area contributed by atoms with Crippen molar-refractivity contribution in [3.05, 3.63) is 81.3 Å². The molecule has 0 N–H and O–H groups in total. The van der Waals surface area contributed by atoms with Gasteiger partial charge in [-0.05, 0) is 56.5 Å². The Labute approximate surface area is 196 Å². The number of pyridine rings is 1. The largest absolute Gasteiger partial charge is 0.416 e. The Hall–Kier alpha value is -3.36. The van der Waals surface area contributed by atoms with Gasteiger partial charge in [0.15, 0.2) is 0 Å². The lowest BCUT2D eigenvalue weighted by molar-refractivity contribution is -0.137. The van der Waals surface area contributed by atoms with E-state index in [0.29, 0.717) is 36.2 Å². The van der Waals surface area contributed by atoms with Crippen LogP contribution < -0.4 is 5.56 Å². The van der Waals surface area contributed by atoms with Gasteiger partial charge in [-0.25, -0.2) is 4.98 Å². The first kappa shape index (κ1) is 25.3. The summed E-state index contributed by atoms with van der Waals surface area (Å²) in [7, 11) is 0. The third-order valence-electron chi connectivity index (χ3n) is 6.31. The van der Waals surface area contributed by atoms with Gasteiger partial charge < -0.3 is 14.0 Å². The van der Waals surface area contributed by atoms with Gasteiger partial charge >= 0.3 is 6.18 Å². The van der Waals surface area contributed by atoms with E-state index in [2.05, 4.69) is 4.98 Å². The average molecular weight is 475 g/mol. The number of aromatic nitrogens is 3. The fourth-order valence-corrected chi connectivity index (χ4v) is 4.89. The first-order valence-corrected chi connectivity index (χ1v) is 10.4. The van der Waals surface area contributed by atoms with Gasteiger partial charge in [-0.1, -0.05) is 26.5 Å². The molecule has 5 rings (SSSR count). The van der Waals surface area contributed by atoms with Crippen molar-refractivity contribution in [2.75, 3.05) is 0 Å². The summed E-state index contributed by atoms with van der Waals surface area (Å²) in [4.78, 5) is 32.3. The predicted molar refractivity (Wildman–Crippen MR) is 124 cm³/mol. The van der Waals surface area contributed by atoms with E-state index in [1.54, 1.807) is 47.1 Å². The highest BCUT2D eigenvalue weighted by atomic mass is 19.4. The summed E-state index contributed by atoms with van der Waals surface area (Å²) in [5.41, 5.74) is 1.41. The van der Waals surface area contributed by atoms with Gasteiger partial charge in [0.2, 0.25) is 0 Å². The molecule has 0 aliphatic carbocycles. The van der Waals surface area contributed by atoms with Gasteiger partial charge in [-0.3, -0.25) is 9.59 Å². The molecule has 1 amide bonds. The number of carbonyl (C=O) groups is 1. The first-order valence-electron chi connectivity index (χ1n) is 10.4. The minimum Gasteiger partial charge on any atom is -0.326 e. The molecule has 2 aromatic heterocycles. The van der Waals surface area contributed by atoms with Gasteiger partial charge in [-0.15, -0.1) is 0 Å². The van der Waals surface area contributed by atoms with Crippen LogP contribution in [0.25, 0.3) is 5.69 Å². The zero-order valence-electron chi connectivity index (χ0n) is 17.6. The summed E-state index contributed by atoms with van der Waals surface area (Å²) in [6, 6.07) is 6.47. The number of imidazole rings is 1. The summed E-state index contributed by atoms with van der Waals surface area (Å²) < 4.78 is 43.1. The van der Waals surface area contributed by atoms with Crippen molar-refractivity contribution in [3.63, 3.8) is 0 Å². The van der Waals surface area contributed by atoms with Crippen LogP contribution in [0.4, 0.5) is 13.2 Å². The van der Waals surface area contributed by atoms with Crippen molar-refractivity contribution < 1.29 is 18.0 Å². The lowest BCUT2D eigenvalue weighted by atomic mass is 9.98. The molecule has 3 aromatic rings. The van der Waals surface area contributed by atoms with Crippen molar-refractivity contribution in [3.8, 4) is 5.69 Å². The molecule has 0 radical (unpaired) electrons.